The highest BCUT2D eigenvalue weighted by molar-refractivity contribution is 5.32. The van der Waals surface area contributed by atoms with Crippen molar-refractivity contribution in [2.75, 3.05) is 58.6 Å². The predicted octanol–water partition coefficient (Wildman–Crippen LogP) is 0.967. The molecule has 7 heteroatoms. The average molecular weight is 285 g/mol. The van der Waals surface area contributed by atoms with Crippen molar-refractivity contribution in [2.24, 2.45) is 0 Å². The Morgan fingerprint density at radius 2 is 1.70 bits per heavy atom. The normalized spacial score (nSPS) is 10.5. The minimum absolute atomic E-state index is 0.433. The number of hydrogen-bond acceptors (Lipinski definition) is 7. The van der Waals surface area contributed by atoms with Gasteiger partial charge < -0.3 is 24.3 Å². The molecular formula is C13H23N3O4. The van der Waals surface area contributed by atoms with Gasteiger partial charge in [0.05, 0.1) is 45.4 Å². The van der Waals surface area contributed by atoms with Gasteiger partial charge in [0.2, 0.25) is 5.88 Å². The number of anilines is 1. The third kappa shape index (κ3) is 7.88. The molecule has 0 spiro atoms. The first-order valence-electron chi connectivity index (χ1n) is 6.70. The third-order valence-electron chi connectivity index (χ3n) is 2.25. The number of methoxy groups -OCH3 is 1. The van der Waals surface area contributed by atoms with Gasteiger partial charge in [-0.05, 0) is 6.92 Å². The lowest BCUT2D eigenvalue weighted by atomic mass is 10.6. The monoisotopic (exact) mass is 285 g/mol. The molecule has 1 aromatic rings. The van der Waals surface area contributed by atoms with E-state index in [-0.39, 0.29) is 0 Å². The van der Waals surface area contributed by atoms with E-state index in [1.54, 1.807) is 19.5 Å². The van der Waals surface area contributed by atoms with Gasteiger partial charge >= 0.3 is 0 Å². The van der Waals surface area contributed by atoms with Crippen molar-refractivity contribution in [2.45, 2.75) is 6.92 Å². The second-order valence-corrected chi connectivity index (χ2v) is 3.84. The van der Waals surface area contributed by atoms with Crippen LogP contribution in [0.1, 0.15) is 6.92 Å². The molecule has 0 amide bonds. The summed E-state index contributed by atoms with van der Waals surface area (Å²) in [6, 6.07) is 0. The molecule has 0 aliphatic heterocycles. The Labute approximate surface area is 119 Å². The molecule has 0 aliphatic rings. The van der Waals surface area contributed by atoms with Crippen molar-refractivity contribution in [1.29, 1.82) is 0 Å². The largest absolute Gasteiger partial charge is 0.474 e. The van der Waals surface area contributed by atoms with Crippen LogP contribution in [-0.2, 0) is 14.2 Å². The van der Waals surface area contributed by atoms with Gasteiger partial charge in [0.15, 0.2) is 0 Å². The first-order chi connectivity index (χ1) is 9.86. The summed E-state index contributed by atoms with van der Waals surface area (Å²) in [5.41, 5.74) is 0. The number of nitrogens with one attached hydrogen (secondary N) is 1. The van der Waals surface area contributed by atoms with E-state index in [9.17, 15) is 0 Å². The number of ether oxygens (including phenoxy) is 4. The van der Waals surface area contributed by atoms with E-state index in [0.717, 1.165) is 6.54 Å². The number of rotatable bonds is 12. The van der Waals surface area contributed by atoms with Crippen LogP contribution < -0.4 is 10.1 Å². The average Bonchev–Trinajstić information content (AvgIpc) is 2.46. The lowest BCUT2D eigenvalue weighted by Gasteiger charge is -2.08. The molecule has 1 rings (SSSR count). The zero-order chi connectivity index (χ0) is 14.5. The Kier molecular flexibility index (Phi) is 9.46. The van der Waals surface area contributed by atoms with Gasteiger partial charge in [-0.25, -0.2) is 0 Å². The maximum absolute atomic E-state index is 5.44. The van der Waals surface area contributed by atoms with Gasteiger partial charge in [-0.2, -0.15) is 4.98 Å². The molecule has 0 radical (unpaired) electrons. The molecule has 0 unspecified atom stereocenters. The van der Waals surface area contributed by atoms with Crippen LogP contribution in [0.25, 0.3) is 0 Å². The van der Waals surface area contributed by atoms with E-state index < -0.39 is 0 Å². The summed E-state index contributed by atoms with van der Waals surface area (Å²) < 4.78 is 20.9. The first-order valence-corrected chi connectivity index (χ1v) is 6.70. The van der Waals surface area contributed by atoms with Crippen LogP contribution in [-0.4, -0.2) is 63.3 Å². The van der Waals surface area contributed by atoms with Crippen molar-refractivity contribution in [3.63, 3.8) is 0 Å². The standard InChI is InChI=1S/C13H23N3O4/c1-3-15-12-10-14-11-13(16-12)20-9-8-19-7-6-18-5-4-17-2/h10-11H,3-9H2,1-2H3,(H,15,16). The highest BCUT2D eigenvalue weighted by atomic mass is 16.6. The summed E-state index contributed by atoms with van der Waals surface area (Å²) in [5.74, 6) is 1.20. The van der Waals surface area contributed by atoms with Crippen LogP contribution in [0.4, 0.5) is 5.82 Å². The second kappa shape index (κ2) is 11.4. The fraction of sp³-hybridized carbons (Fsp3) is 0.692. The Balaban J connectivity index is 2.02. The quantitative estimate of drug-likeness (QED) is 0.573. The summed E-state index contributed by atoms with van der Waals surface area (Å²) in [6.07, 6.45) is 3.24. The number of aromatic nitrogens is 2. The summed E-state index contributed by atoms with van der Waals surface area (Å²) in [6.45, 7) is 5.99. The molecule has 1 N–H and O–H groups in total. The van der Waals surface area contributed by atoms with E-state index in [4.69, 9.17) is 18.9 Å². The van der Waals surface area contributed by atoms with E-state index >= 15 is 0 Å². The third-order valence-corrected chi connectivity index (χ3v) is 2.25. The van der Waals surface area contributed by atoms with Crippen molar-refractivity contribution in [3.8, 4) is 5.88 Å². The molecule has 0 bridgehead atoms. The van der Waals surface area contributed by atoms with Crippen molar-refractivity contribution in [1.82, 2.24) is 9.97 Å². The molecule has 7 nitrogen and oxygen atoms in total. The SMILES string of the molecule is CCNc1cncc(OCCOCCOCCOC)n1. The van der Waals surface area contributed by atoms with Gasteiger partial charge in [-0.15, -0.1) is 0 Å². The topological polar surface area (TPSA) is 74.7 Å². The lowest BCUT2D eigenvalue weighted by Crippen LogP contribution is -2.13. The minimum atomic E-state index is 0.433. The molecule has 1 heterocycles. The van der Waals surface area contributed by atoms with Gasteiger partial charge in [-0.1, -0.05) is 0 Å². The highest BCUT2D eigenvalue weighted by Crippen LogP contribution is 2.08. The van der Waals surface area contributed by atoms with Crippen LogP contribution >= 0.6 is 0 Å². The van der Waals surface area contributed by atoms with Gasteiger partial charge in [0, 0.05) is 13.7 Å². The Morgan fingerprint density at radius 1 is 1.00 bits per heavy atom. The van der Waals surface area contributed by atoms with Gasteiger partial charge in [0.1, 0.15) is 12.4 Å². The molecule has 1 aromatic heterocycles. The molecule has 0 aromatic carbocycles. The molecule has 20 heavy (non-hydrogen) atoms. The molecule has 0 saturated heterocycles. The molecule has 0 atom stereocenters. The molecule has 0 saturated carbocycles. The molecule has 0 fully saturated rings. The Morgan fingerprint density at radius 3 is 2.40 bits per heavy atom. The summed E-state index contributed by atoms with van der Waals surface area (Å²) in [7, 11) is 1.64. The summed E-state index contributed by atoms with van der Waals surface area (Å²) in [5, 5.41) is 3.07. The maximum atomic E-state index is 5.44. The zero-order valence-electron chi connectivity index (χ0n) is 12.1. The maximum Gasteiger partial charge on any atom is 0.234 e. The van der Waals surface area contributed by atoms with Crippen LogP contribution in [0.5, 0.6) is 5.88 Å². The van der Waals surface area contributed by atoms with E-state index in [1.165, 1.54) is 0 Å². The molecule has 0 aliphatic carbocycles. The Bertz CT molecular complexity index is 352. The Hall–Kier alpha value is -1.44. The van der Waals surface area contributed by atoms with Crippen LogP contribution in [0.15, 0.2) is 12.4 Å². The predicted molar refractivity (Wildman–Crippen MR) is 75.2 cm³/mol. The van der Waals surface area contributed by atoms with E-state index in [1.807, 2.05) is 6.92 Å². The van der Waals surface area contributed by atoms with E-state index in [0.29, 0.717) is 51.3 Å². The number of hydrogen-bond donors (Lipinski definition) is 1. The molecular weight excluding hydrogens is 262 g/mol. The van der Waals surface area contributed by atoms with E-state index in [2.05, 4.69) is 15.3 Å². The lowest BCUT2D eigenvalue weighted by molar-refractivity contribution is 0.0176. The van der Waals surface area contributed by atoms with Crippen molar-refractivity contribution >= 4 is 5.82 Å². The zero-order valence-corrected chi connectivity index (χ0v) is 12.1. The van der Waals surface area contributed by atoms with Crippen molar-refractivity contribution in [3.05, 3.63) is 12.4 Å². The summed E-state index contributed by atoms with van der Waals surface area (Å²) in [4.78, 5) is 8.28. The smallest absolute Gasteiger partial charge is 0.234 e. The molecule has 114 valence electrons. The summed E-state index contributed by atoms with van der Waals surface area (Å²) >= 11 is 0. The first kappa shape index (κ1) is 16.6. The minimum Gasteiger partial charge on any atom is -0.474 e. The van der Waals surface area contributed by atoms with Crippen LogP contribution in [0, 0.1) is 0 Å². The highest BCUT2D eigenvalue weighted by Gasteiger charge is 1.98. The van der Waals surface area contributed by atoms with Gasteiger partial charge in [0.25, 0.3) is 0 Å². The fourth-order valence-electron chi connectivity index (χ4n) is 1.35. The van der Waals surface area contributed by atoms with Crippen LogP contribution in [0.3, 0.4) is 0 Å². The van der Waals surface area contributed by atoms with Crippen molar-refractivity contribution < 1.29 is 18.9 Å². The fourth-order valence-corrected chi connectivity index (χ4v) is 1.35. The second-order valence-electron chi connectivity index (χ2n) is 3.84. The number of nitrogens with zero attached hydrogens (tertiary/aromatic N) is 2. The van der Waals surface area contributed by atoms with Gasteiger partial charge in [-0.3, -0.25) is 4.98 Å². The van der Waals surface area contributed by atoms with Crippen LogP contribution in [0.2, 0.25) is 0 Å².